The summed E-state index contributed by atoms with van der Waals surface area (Å²) in [6.07, 6.45) is 5.29. The number of aryl methyl sites for hydroxylation is 1. The first kappa shape index (κ1) is 12.7. The van der Waals surface area contributed by atoms with Crippen LogP contribution in [0.15, 0.2) is 28.6 Å². The van der Waals surface area contributed by atoms with Crippen LogP contribution >= 0.6 is 27.3 Å². The molecule has 17 heavy (non-hydrogen) atoms. The lowest BCUT2D eigenvalue weighted by Crippen LogP contribution is -2.21. The van der Waals surface area contributed by atoms with Crippen molar-refractivity contribution in [2.45, 2.75) is 19.9 Å². The maximum atomic E-state index is 4.08. The molecule has 2 aromatic rings. The van der Waals surface area contributed by atoms with E-state index in [4.69, 9.17) is 0 Å². The van der Waals surface area contributed by atoms with E-state index in [1.54, 1.807) is 17.7 Å². The third-order valence-corrected chi connectivity index (χ3v) is 4.68. The summed E-state index contributed by atoms with van der Waals surface area (Å²) < 4.78 is 1.19. The molecule has 2 heterocycles. The molecule has 0 fully saturated rings. The zero-order valence-corrected chi connectivity index (χ0v) is 12.2. The van der Waals surface area contributed by atoms with Gasteiger partial charge in [-0.15, -0.1) is 11.3 Å². The molecule has 2 aromatic heterocycles. The van der Waals surface area contributed by atoms with Crippen LogP contribution in [0.25, 0.3) is 0 Å². The summed E-state index contributed by atoms with van der Waals surface area (Å²) >= 11 is 5.32. The van der Waals surface area contributed by atoms with Crippen molar-refractivity contribution in [2.75, 3.05) is 6.54 Å². The molecular formula is C12H14BrN3S. The van der Waals surface area contributed by atoms with E-state index in [0.29, 0.717) is 0 Å². The molecule has 0 saturated heterocycles. The van der Waals surface area contributed by atoms with E-state index >= 15 is 0 Å². The minimum atomic E-state index is 0.177. The Labute approximate surface area is 113 Å². The van der Waals surface area contributed by atoms with Gasteiger partial charge in [-0.25, -0.2) is 9.97 Å². The molecule has 0 amide bonds. The van der Waals surface area contributed by atoms with Gasteiger partial charge in [-0.05, 0) is 41.0 Å². The van der Waals surface area contributed by atoms with E-state index < -0.39 is 0 Å². The number of nitrogens with zero attached hydrogens (tertiary/aromatic N) is 2. The van der Waals surface area contributed by atoms with Gasteiger partial charge in [-0.3, -0.25) is 0 Å². The summed E-state index contributed by atoms with van der Waals surface area (Å²) in [7, 11) is 0. The van der Waals surface area contributed by atoms with Crippen LogP contribution in [0.2, 0.25) is 0 Å². The Balaban J connectivity index is 2.35. The van der Waals surface area contributed by atoms with Crippen molar-refractivity contribution in [1.82, 2.24) is 15.3 Å². The van der Waals surface area contributed by atoms with Gasteiger partial charge in [-0.1, -0.05) is 6.92 Å². The van der Waals surface area contributed by atoms with E-state index in [9.17, 15) is 0 Å². The molecule has 1 unspecified atom stereocenters. The smallest absolute Gasteiger partial charge is 0.115 e. The van der Waals surface area contributed by atoms with E-state index in [2.05, 4.69) is 51.1 Å². The second-order valence-electron chi connectivity index (χ2n) is 3.77. The van der Waals surface area contributed by atoms with Gasteiger partial charge in [0.05, 0.1) is 9.83 Å². The average molecular weight is 312 g/mol. The summed E-state index contributed by atoms with van der Waals surface area (Å²) in [6, 6.07) is 2.38. The van der Waals surface area contributed by atoms with Crippen molar-refractivity contribution < 1.29 is 0 Å². The number of nitrogens with one attached hydrogen (secondary N) is 1. The Morgan fingerprint density at radius 3 is 2.65 bits per heavy atom. The van der Waals surface area contributed by atoms with E-state index in [-0.39, 0.29) is 6.04 Å². The lowest BCUT2D eigenvalue weighted by atomic mass is 10.1. The highest BCUT2D eigenvalue weighted by atomic mass is 79.9. The van der Waals surface area contributed by atoms with Crippen molar-refractivity contribution in [1.29, 1.82) is 0 Å². The van der Waals surface area contributed by atoms with Gasteiger partial charge in [0, 0.05) is 22.8 Å². The minimum Gasteiger partial charge on any atom is -0.306 e. The summed E-state index contributed by atoms with van der Waals surface area (Å²) in [6.45, 7) is 5.12. The predicted octanol–water partition coefficient (Wildman–Crippen LogP) is 3.31. The maximum absolute atomic E-state index is 4.08. The van der Waals surface area contributed by atoms with Gasteiger partial charge in [-0.2, -0.15) is 0 Å². The molecule has 0 aliphatic carbocycles. The van der Waals surface area contributed by atoms with Gasteiger partial charge in [0.25, 0.3) is 0 Å². The molecule has 5 heteroatoms. The van der Waals surface area contributed by atoms with Crippen molar-refractivity contribution in [3.05, 3.63) is 44.6 Å². The first-order valence-corrected chi connectivity index (χ1v) is 7.07. The monoisotopic (exact) mass is 311 g/mol. The van der Waals surface area contributed by atoms with Crippen molar-refractivity contribution in [2.24, 2.45) is 0 Å². The molecule has 0 aromatic carbocycles. The van der Waals surface area contributed by atoms with Crippen LogP contribution in [0.5, 0.6) is 0 Å². The van der Waals surface area contributed by atoms with Gasteiger partial charge in [0.15, 0.2) is 0 Å². The molecule has 2 rings (SSSR count). The van der Waals surface area contributed by atoms with Crippen LogP contribution in [-0.2, 0) is 0 Å². The van der Waals surface area contributed by atoms with E-state index in [0.717, 1.165) is 12.1 Å². The lowest BCUT2D eigenvalue weighted by Gasteiger charge is -2.15. The predicted molar refractivity (Wildman–Crippen MR) is 74.3 cm³/mol. The van der Waals surface area contributed by atoms with Crippen LogP contribution in [0.3, 0.4) is 0 Å². The van der Waals surface area contributed by atoms with Crippen LogP contribution < -0.4 is 5.32 Å². The van der Waals surface area contributed by atoms with Crippen molar-refractivity contribution in [3.63, 3.8) is 0 Å². The molecule has 0 aliphatic rings. The summed E-state index contributed by atoms with van der Waals surface area (Å²) in [5, 5.41) is 3.47. The Morgan fingerprint density at radius 1 is 1.41 bits per heavy atom. The average Bonchev–Trinajstić information content (AvgIpc) is 2.67. The maximum Gasteiger partial charge on any atom is 0.115 e. The van der Waals surface area contributed by atoms with Gasteiger partial charge in [0.2, 0.25) is 0 Å². The number of thiophene rings is 1. The molecular weight excluding hydrogens is 298 g/mol. The highest BCUT2D eigenvalue weighted by molar-refractivity contribution is 9.11. The quantitative estimate of drug-likeness (QED) is 0.941. The molecule has 90 valence electrons. The fourth-order valence-corrected chi connectivity index (χ4v) is 3.35. The zero-order chi connectivity index (χ0) is 12.3. The Hall–Kier alpha value is -0.780. The number of aromatic nitrogens is 2. The molecule has 1 atom stereocenters. The highest BCUT2D eigenvalue weighted by Gasteiger charge is 2.16. The molecule has 1 N–H and O–H groups in total. The summed E-state index contributed by atoms with van der Waals surface area (Å²) in [5.41, 5.74) is 2.37. The first-order valence-electron chi connectivity index (χ1n) is 5.46. The SMILES string of the molecule is CCNC(c1cncnc1)c1cc(C)c(Br)s1. The molecule has 0 bridgehead atoms. The van der Waals surface area contributed by atoms with Crippen molar-refractivity contribution >= 4 is 27.3 Å². The fourth-order valence-electron chi connectivity index (χ4n) is 1.67. The second-order valence-corrected chi connectivity index (χ2v) is 6.17. The summed E-state index contributed by atoms with van der Waals surface area (Å²) in [4.78, 5) is 9.45. The number of hydrogen-bond donors (Lipinski definition) is 1. The minimum absolute atomic E-state index is 0.177. The van der Waals surface area contributed by atoms with Crippen LogP contribution in [-0.4, -0.2) is 16.5 Å². The third kappa shape index (κ3) is 2.91. The molecule has 0 aliphatic heterocycles. The number of halogens is 1. The van der Waals surface area contributed by atoms with Crippen LogP contribution in [0, 0.1) is 6.92 Å². The molecule has 0 radical (unpaired) electrons. The zero-order valence-electron chi connectivity index (χ0n) is 9.77. The molecule has 3 nitrogen and oxygen atoms in total. The van der Waals surface area contributed by atoms with Gasteiger partial charge >= 0.3 is 0 Å². The Kier molecular flexibility index (Phi) is 4.25. The molecule has 0 saturated carbocycles. The summed E-state index contributed by atoms with van der Waals surface area (Å²) in [5.74, 6) is 0. The standard InChI is InChI=1S/C12H14BrN3S/c1-3-16-11(9-5-14-7-15-6-9)10-4-8(2)12(13)17-10/h4-7,11,16H,3H2,1-2H3. The largest absolute Gasteiger partial charge is 0.306 e. The van der Waals surface area contributed by atoms with Gasteiger partial charge in [0.1, 0.15) is 6.33 Å². The van der Waals surface area contributed by atoms with Crippen LogP contribution in [0.4, 0.5) is 0 Å². The van der Waals surface area contributed by atoms with E-state index in [1.165, 1.54) is 14.2 Å². The third-order valence-electron chi connectivity index (χ3n) is 2.48. The molecule has 0 spiro atoms. The number of rotatable bonds is 4. The number of hydrogen-bond acceptors (Lipinski definition) is 4. The Bertz CT molecular complexity index is 464. The second kappa shape index (κ2) is 5.71. The Morgan fingerprint density at radius 2 is 2.12 bits per heavy atom. The lowest BCUT2D eigenvalue weighted by molar-refractivity contribution is 0.634. The normalized spacial score (nSPS) is 12.6. The first-order chi connectivity index (χ1) is 8.22. The van der Waals surface area contributed by atoms with Crippen molar-refractivity contribution in [3.8, 4) is 0 Å². The fraction of sp³-hybridized carbons (Fsp3) is 0.333. The van der Waals surface area contributed by atoms with Crippen LogP contribution in [0.1, 0.15) is 29.0 Å². The van der Waals surface area contributed by atoms with Gasteiger partial charge < -0.3 is 5.32 Å². The van der Waals surface area contributed by atoms with E-state index in [1.807, 2.05) is 12.4 Å². The topological polar surface area (TPSA) is 37.8 Å². The highest BCUT2D eigenvalue weighted by Crippen LogP contribution is 2.33.